The number of aliphatic hydroxyl groups is 1. The van der Waals surface area contributed by atoms with Crippen molar-refractivity contribution in [3.05, 3.63) is 36.0 Å². The second-order valence-electron chi connectivity index (χ2n) is 5.23. The molecule has 4 heteroatoms. The van der Waals surface area contributed by atoms with Crippen LogP contribution in [0.1, 0.15) is 26.2 Å². The molecule has 1 N–H and O–H groups in total. The fourth-order valence-electron chi connectivity index (χ4n) is 2.54. The Morgan fingerprint density at radius 1 is 1.32 bits per heavy atom. The molecule has 0 saturated carbocycles. The first-order valence-electron chi connectivity index (χ1n) is 6.36. The van der Waals surface area contributed by atoms with Crippen LogP contribution in [0.3, 0.4) is 0 Å². The molecule has 1 aliphatic carbocycles. The number of hydrogen-bond donors (Lipinski definition) is 1. The first-order chi connectivity index (χ1) is 8.90. The predicted molar refractivity (Wildman–Crippen MR) is 70.3 cm³/mol. The molecule has 0 unspecified atom stereocenters. The van der Waals surface area contributed by atoms with E-state index in [9.17, 15) is 14.7 Å². The van der Waals surface area contributed by atoms with Crippen LogP contribution in [0.5, 0.6) is 0 Å². The number of ketones is 1. The number of carbonyl (C=O) groups excluding carboxylic acids is 2. The number of carbonyl (C=O) groups is 2. The van der Waals surface area contributed by atoms with Gasteiger partial charge in [0.1, 0.15) is 6.10 Å². The number of allylic oxidation sites excluding steroid dienone is 1. The minimum atomic E-state index is -0.873. The Hall–Kier alpha value is -1.68. The van der Waals surface area contributed by atoms with Gasteiger partial charge in [0.15, 0.2) is 5.78 Å². The molecule has 0 aromatic carbocycles. The van der Waals surface area contributed by atoms with Crippen molar-refractivity contribution in [1.29, 1.82) is 0 Å². The van der Waals surface area contributed by atoms with Crippen LogP contribution in [0.2, 0.25) is 0 Å². The number of esters is 1. The lowest BCUT2D eigenvalue weighted by Gasteiger charge is -2.23. The highest BCUT2D eigenvalue weighted by atomic mass is 16.6. The Balaban J connectivity index is 2.35. The van der Waals surface area contributed by atoms with Crippen molar-refractivity contribution in [2.24, 2.45) is 5.92 Å². The molecule has 0 aromatic heterocycles. The average Bonchev–Trinajstić information content (AvgIpc) is 2.60. The van der Waals surface area contributed by atoms with Crippen molar-refractivity contribution in [3.63, 3.8) is 0 Å². The van der Waals surface area contributed by atoms with E-state index in [4.69, 9.17) is 4.74 Å². The zero-order valence-corrected chi connectivity index (χ0v) is 11.0. The maximum Gasteiger partial charge on any atom is 0.334 e. The zero-order chi connectivity index (χ0) is 14.2. The van der Waals surface area contributed by atoms with E-state index in [0.717, 1.165) is 5.57 Å². The molecule has 0 aromatic rings. The quantitative estimate of drug-likeness (QED) is 0.410. The highest BCUT2D eigenvalue weighted by Crippen LogP contribution is 2.34. The molecule has 0 amide bonds. The molecule has 2 rings (SSSR count). The van der Waals surface area contributed by atoms with Crippen LogP contribution in [0, 0.1) is 5.92 Å². The predicted octanol–water partition coefficient (Wildman–Crippen LogP) is 1.70. The number of hydrogen-bond acceptors (Lipinski definition) is 4. The molecule has 3 atom stereocenters. The molecule has 1 fully saturated rings. The van der Waals surface area contributed by atoms with E-state index in [2.05, 4.69) is 13.2 Å². The molecule has 1 aliphatic heterocycles. The second-order valence-corrected chi connectivity index (χ2v) is 5.23. The topological polar surface area (TPSA) is 63.6 Å². The van der Waals surface area contributed by atoms with E-state index in [1.54, 1.807) is 0 Å². The Bertz CT molecular complexity index is 486. The summed E-state index contributed by atoms with van der Waals surface area (Å²) in [6.07, 6.45) is 1.59. The molecule has 19 heavy (non-hydrogen) atoms. The lowest BCUT2D eigenvalue weighted by molar-refractivity contribution is -0.137. The Morgan fingerprint density at radius 2 is 2.00 bits per heavy atom. The van der Waals surface area contributed by atoms with Gasteiger partial charge in [0, 0.05) is 18.4 Å². The van der Waals surface area contributed by atoms with Crippen LogP contribution in [0.4, 0.5) is 0 Å². The first-order valence-corrected chi connectivity index (χ1v) is 6.36. The highest BCUT2D eigenvalue weighted by molar-refractivity contribution is 5.95. The van der Waals surface area contributed by atoms with Gasteiger partial charge in [-0.3, -0.25) is 4.79 Å². The Morgan fingerprint density at radius 3 is 2.68 bits per heavy atom. The van der Waals surface area contributed by atoms with Crippen LogP contribution in [0.15, 0.2) is 36.0 Å². The molecule has 2 aliphatic rings. The van der Waals surface area contributed by atoms with Gasteiger partial charge >= 0.3 is 5.97 Å². The lowest BCUT2D eigenvalue weighted by Crippen LogP contribution is -2.30. The number of rotatable bonds is 0. The van der Waals surface area contributed by atoms with Gasteiger partial charge in [-0.1, -0.05) is 18.7 Å². The van der Waals surface area contributed by atoms with Crippen molar-refractivity contribution in [1.82, 2.24) is 0 Å². The van der Waals surface area contributed by atoms with Crippen LogP contribution >= 0.6 is 0 Å². The van der Waals surface area contributed by atoms with Crippen LogP contribution < -0.4 is 0 Å². The molecular formula is C15H18O4. The van der Waals surface area contributed by atoms with E-state index >= 15 is 0 Å². The molecule has 1 saturated heterocycles. The maximum absolute atomic E-state index is 11.8. The number of fused-ring (bicyclic) bond motifs is 1. The standard InChI is InChI=1S/C15H18O4/c1-8-4-5-11(16)9(2)7-12(17)14-10(3)15(18)19-13(14)6-8/h6,12-14,17H,2-5,7H2,1H3/b8-6+/t12-,13+,14+/m0/s1. The van der Waals surface area contributed by atoms with Crippen molar-refractivity contribution in [2.75, 3.05) is 0 Å². The lowest BCUT2D eigenvalue weighted by atomic mass is 9.84. The molecule has 0 radical (unpaired) electrons. The second kappa shape index (κ2) is 5.13. The largest absolute Gasteiger partial charge is 0.454 e. The normalized spacial score (nSPS) is 35.5. The van der Waals surface area contributed by atoms with Gasteiger partial charge in [0.25, 0.3) is 0 Å². The van der Waals surface area contributed by atoms with Crippen LogP contribution in [-0.2, 0) is 14.3 Å². The summed E-state index contributed by atoms with van der Waals surface area (Å²) >= 11 is 0. The van der Waals surface area contributed by atoms with Gasteiger partial charge in [-0.2, -0.15) is 0 Å². The zero-order valence-electron chi connectivity index (χ0n) is 11.0. The van der Waals surface area contributed by atoms with E-state index < -0.39 is 24.1 Å². The molecule has 0 bridgehead atoms. The third-order valence-electron chi connectivity index (χ3n) is 3.72. The number of ether oxygens (including phenoxy) is 1. The Kier molecular flexibility index (Phi) is 3.71. The van der Waals surface area contributed by atoms with Gasteiger partial charge in [-0.15, -0.1) is 0 Å². The van der Waals surface area contributed by atoms with E-state index in [1.165, 1.54) is 0 Å². The van der Waals surface area contributed by atoms with Gasteiger partial charge in [-0.25, -0.2) is 4.79 Å². The van der Waals surface area contributed by atoms with Crippen molar-refractivity contribution in [3.8, 4) is 0 Å². The van der Waals surface area contributed by atoms with Crippen LogP contribution in [0.25, 0.3) is 0 Å². The van der Waals surface area contributed by atoms with Gasteiger partial charge < -0.3 is 9.84 Å². The molecule has 1 heterocycles. The summed E-state index contributed by atoms with van der Waals surface area (Å²) in [6, 6.07) is 0. The number of Topliss-reactive ketones (excluding diaryl/α,β-unsaturated/α-hetero) is 1. The van der Waals surface area contributed by atoms with E-state index in [-0.39, 0.29) is 17.8 Å². The third-order valence-corrected chi connectivity index (χ3v) is 3.72. The van der Waals surface area contributed by atoms with Crippen LogP contribution in [-0.4, -0.2) is 29.1 Å². The van der Waals surface area contributed by atoms with Gasteiger partial charge in [0.2, 0.25) is 0 Å². The maximum atomic E-state index is 11.8. The highest BCUT2D eigenvalue weighted by Gasteiger charge is 2.42. The number of aliphatic hydroxyl groups excluding tert-OH is 1. The fourth-order valence-corrected chi connectivity index (χ4v) is 2.54. The average molecular weight is 262 g/mol. The summed E-state index contributed by atoms with van der Waals surface area (Å²) in [6.45, 7) is 9.29. The minimum absolute atomic E-state index is 0.0406. The monoisotopic (exact) mass is 262 g/mol. The molecule has 4 nitrogen and oxygen atoms in total. The smallest absolute Gasteiger partial charge is 0.334 e. The minimum Gasteiger partial charge on any atom is -0.454 e. The SMILES string of the molecule is C=C1C[C@H](O)[C@H]2C(=C)C(=O)O[C@@H]2/C=C(\C)CCC1=O. The third kappa shape index (κ3) is 2.68. The summed E-state index contributed by atoms with van der Waals surface area (Å²) in [5.74, 6) is -1.01. The van der Waals surface area contributed by atoms with Gasteiger partial charge in [0.05, 0.1) is 12.0 Å². The van der Waals surface area contributed by atoms with Gasteiger partial charge in [-0.05, 0) is 25.0 Å². The molecular weight excluding hydrogens is 244 g/mol. The first kappa shape index (κ1) is 13.7. The summed E-state index contributed by atoms with van der Waals surface area (Å²) < 4.78 is 5.22. The fraction of sp³-hybridized carbons (Fsp3) is 0.467. The van der Waals surface area contributed by atoms with Crippen molar-refractivity contribution >= 4 is 11.8 Å². The summed E-state index contributed by atoms with van der Waals surface area (Å²) in [7, 11) is 0. The van der Waals surface area contributed by atoms with Crippen molar-refractivity contribution < 1.29 is 19.4 Å². The summed E-state index contributed by atoms with van der Waals surface area (Å²) in [5, 5.41) is 10.2. The van der Waals surface area contributed by atoms with E-state index in [0.29, 0.717) is 18.4 Å². The summed E-state index contributed by atoms with van der Waals surface area (Å²) in [4.78, 5) is 23.4. The Labute approximate surface area is 112 Å². The molecule has 102 valence electrons. The summed E-state index contributed by atoms with van der Waals surface area (Å²) in [5.41, 5.74) is 1.63. The molecule has 0 spiro atoms. The van der Waals surface area contributed by atoms with Crippen molar-refractivity contribution in [2.45, 2.75) is 38.4 Å². The van der Waals surface area contributed by atoms with E-state index in [1.807, 2.05) is 13.0 Å².